The van der Waals surface area contributed by atoms with Crippen molar-refractivity contribution in [1.82, 2.24) is 9.97 Å². The van der Waals surface area contributed by atoms with E-state index in [0.29, 0.717) is 6.04 Å². The van der Waals surface area contributed by atoms with E-state index in [2.05, 4.69) is 15.3 Å². The Hall–Kier alpha value is -1.16. The van der Waals surface area contributed by atoms with Gasteiger partial charge in [0.05, 0.1) is 6.10 Å². The molecular formula is C13H19N3O. The maximum Gasteiger partial charge on any atom is 0.133 e. The number of fused-ring (bicyclic) bond motifs is 1. The fraction of sp³-hybridized carbons (Fsp3) is 0.692. The first kappa shape index (κ1) is 11.0. The molecule has 1 aromatic rings. The standard InChI is InChI=1S/C13H19N3O/c17-10-6-4-9(5-7-10)16-13-11-2-1-3-12(11)14-8-15-13/h8-10,17H,1-7H2,(H,14,15,16). The van der Waals surface area contributed by atoms with Crippen molar-refractivity contribution in [2.45, 2.75) is 57.1 Å². The summed E-state index contributed by atoms with van der Waals surface area (Å²) in [5.74, 6) is 1.04. The molecule has 1 fully saturated rings. The number of rotatable bonds is 2. The number of hydrogen-bond acceptors (Lipinski definition) is 4. The number of aliphatic hydroxyl groups excluding tert-OH is 1. The summed E-state index contributed by atoms with van der Waals surface area (Å²) in [7, 11) is 0. The molecule has 0 amide bonds. The highest BCUT2D eigenvalue weighted by Crippen LogP contribution is 2.28. The fourth-order valence-electron chi connectivity index (χ4n) is 2.90. The van der Waals surface area contributed by atoms with Crippen molar-refractivity contribution in [3.05, 3.63) is 17.6 Å². The summed E-state index contributed by atoms with van der Waals surface area (Å²) in [6, 6.07) is 0.470. The van der Waals surface area contributed by atoms with Gasteiger partial charge in [-0.3, -0.25) is 0 Å². The summed E-state index contributed by atoms with van der Waals surface area (Å²) in [5.41, 5.74) is 2.54. The zero-order valence-corrected chi connectivity index (χ0v) is 10.0. The van der Waals surface area contributed by atoms with Gasteiger partial charge in [0.1, 0.15) is 12.1 Å². The lowest BCUT2D eigenvalue weighted by Gasteiger charge is -2.27. The van der Waals surface area contributed by atoms with E-state index in [4.69, 9.17) is 0 Å². The number of aromatic nitrogens is 2. The SMILES string of the molecule is OC1CCC(Nc2ncnc3c2CCC3)CC1. The third-order valence-corrected chi connectivity index (χ3v) is 3.91. The highest BCUT2D eigenvalue weighted by Gasteiger charge is 2.22. The topological polar surface area (TPSA) is 58.0 Å². The van der Waals surface area contributed by atoms with E-state index in [0.717, 1.165) is 44.3 Å². The van der Waals surface area contributed by atoms with Crippen LogP contribution in [0.25, 0.3) is 0 Å². The lowest BCUT2D eigenvalue weighted by atomic mass is 9.93. The second-order valence-corrected chi connectivity index (χ2v) is 5.15. The molecule has 4 heteroatoms. The summed E-state index contributed by atoms with van der Waals surface area (Å²) < 4.78 is 0. The van der Waals surface area contributed by atoms with Gasteiger partial charge >= 0.3 is 0 Å². The van der Waals surface area contributed by atoms with Crippen LogP contribution in [0.3, 0.4) is 0 Å². The van der Waals surface area contributed by atoms with Crippen LogP contribution in [0.1, 0.15) is 43.4 Å². The van der Waals surface area contributed by atoms with E-state index in [9.17, 15) is 5.11 Å². The van der Waals surface area contributed by atoms with E-state index < -0.39 is 0 Å². The van der Waals surface area contributed by atoms with Crippen molar-refractivity contribution in [2.75, 3.05) is 5.32 Å². The average Bonchev–Trinajstić information content (AvgIpc) is 2.81. The molecule has 2 N–H and O–H groups in total. The molecule has 17 heavy (non-hydrogen) atoms. The van der Waals surface area contributed by atoms with Crippen LogP contribution in [0.2, 0.25) is 0 Å². The summed E-state index contributed by atoms with van der Waals surface area (Å²) in [6.07, 6.45) is 8.87. The molecule has 2 aliphatic rings. The van der Waals surface area contributed by atoms with E-state index in [1.165, 1.54) is 17.7 Å². The van der Waals surface area contributed by atoms with Crippen LogP contribution in [0.5, 0.6) is 0 Å². The van der Waals surface area contributed by atoms with Gasteiger partial charge in [-0.2, -0.15) is 0 Å². The predicted octanol–water partition coefficient (Wildman–Crippen LogP) is 1.68. The Morgan fingerprint density at radius 3 is 2.76 bits per heavy atom. The molecule has 0 radical (unpaired) electrons. The Bertz CT molecular complexity index is 400. The van der Waals surface area contributed by atoms with Crippen LogP contribution in [0.4, 0.5) is 5.82 Å². The third kappa shape index (κ3) is 2.27. The van der Waals surface area contributed by atoms with Gasteiger partial charge in [0.25, 0.3) is 0 Å². The summed E-state index contributed by atoms with van der Waals surface area (Å²) in [5, 5.41) is 13.0. The summed E-state index contributed by atoms with van der Waals surface area (Å²) >= 11 is 0. The molecule has 1 heterocycles. The molecule has 0 aromatic carbocycles. The molecule has 3 rings (SSSR count). The molecule has 0 bridgehead atoms. The van der Waals surface area contributed by atoms with Crippen LogP contribution >= 0.6 is 0 Å². The third-order valence-electron chi connectivity index (χ3n) is 3.91. The maximum absolute atomic E-state index is 9.49. The van der Waals surface area contributed by atoms with Gasteiger partial charge < -0.3 is 10.4 Å². The van der Waals surface area contributed by atoms with Crippen molar-refractivity contribution < 1.29 is 5.11 Å². The van der Waals surface area contributed by atoms with Crippen molar-refractivity contribution in [3.63, 3.8) is 0 Å². The molecule has 0 spiro atoms. The normalized spacial score (nSPS) is 27.8. The number of nitrogens with zero attached hydrogens (tertiary/aromatic N) is 2. The highest BCUT2D eigenvalue weighted by molar-refractivity contribution is 5.48. The molecule has 0 aliphatic heterocycles. The Morgan fingerprint density at radius 2 is 1.94 bits per heavy atom. The second kappa shape index (κ2) is 4.61. The van der Waals surface area contributed by atoms with Crippen LogP contribution in [-0.2, 0) is 12.8 Å². The van der Waals surface area contributed by atoms with E-state index in [1.54, 1.807) is 6.33 Å². The zero-order chi connectivity index (χ0) is 11.7. The fourth-order valence-corrected chi connectivity index (χ4v) is 2.90. The van der Waals surface area contributed by atoms with Gasteiger partial charge in [-0.15, -0.1) is 0 Å². The monoisotopic (exact) mass is 233 g/mol. The molecular weight excluding hydrogens is 214 g/mol. The molecule has 1 saturated carbocycles. The largest absolute Gasteiger partial charge is 0.393 e. The Balaban J connectivity index is 1.71. The molecule has 0 unspecified atom stereocenters. The average molecular weight is 233 g/mol. The van der Waals surface area contributed by atoms with Crippen LogP contribution in [0, 0.1) is 0 Å². The minimum atomic E-state index is -0.0934. The van der Waals surface area contributed by atoms with Crippen molar-refractivity contribution in [2.24, 2.45) is 0 Å². The Kier molecular flexibility index (Phi) is 2.97. The maximum atomic E-state index is 9.49. The molecule has 0 saturated heterocycles. The lowest BCUT2D eigenvalue weighted by molar-refractivity contribution is 0.126. The molecule has 92 valence electrons. The smallest absolute Gasteiger partial charge is 0.133 e. The molecule has 4 nitrogen and oxygen atoms in total. The van der Waals surface area contributed by atoms with Crippen molar-refractivity contribution in [1.29, 1.82) is 0 Å². The highest BCUT2D eigenvalue weighted by atomic mass is 16.3. The second-order valence-electron chi connectivity index (χ2n) is 5.15. The minimum Gasteiger partial charge on any atom is -0.393 e. The van der Waals surface area contributed by atoms with Gasteiger partial charge in [0.15, 0.2) is 0 Å². The van der Waals surface area contributed by atoms with Crippen molar-refractivity contribution in [3.8, 4) is 0 Å². The van der Waals surface area contributed by atoms with E-state index in [1.807, 2.05) is 0 Å². The summed E-state index contributed by atoms with van der Waals surface area (Å²) in [6.45, 7) is 0. The first-order valence-corrected chi connectivity index (χ1v) is 6.60. The molecule has 0 atom stereocenters. The number of nitrogens with one attached hydrogen (secondary N) is 1. The first-order chi connectivity index (χ1) is 8.33. The van der Waals surface area contributed by atoms with E-state index in [-0.39, 0.29) is 6.10 Å². The van der Waals surface area contributed by atoms with Gasteiger partial charge in [-0.1, -0.05) is 0 Å². The minimum absolute atomic E-state index is 0.0934. The van der Waals surface area contributed by atoms with Crippen LogP contribution in [0.15, 0.2) is 6.33 Å². The predicted molar refractivity (Wildman–Crippen MR) is 65.9 cm³/mol. The van der Waals surface area contributed by atoms with Gasteiger partial charge in [0.2, 0.25) is 0 Å². The number of aliphatic hydroxyl groups is 1. The number of hydrogen-bond donors (Lipinski definition) is 2. The lowest BCUT2D eigenvalue weighted by Crippen LogP contribution is -2.29. The quantitative estimate of drug-likeness (QED) is 0.816. The first-order valence-electron chi connectivity index (χ1n) is 6.60. The Labute approximate surface area is 101 Å². The number of anilines is 1. The van der Waals surface area contributed by atoms with Crippen LogP contribution < -0.4 is 5.32 Å². The summed E-state index contributed by atoms with van der Waals surface area (Å²) in [4.78, 5) is 8.71. The molecule has 2 aliphatic carbocycles. The Morgan fingerprint density at radius 1 is 1.12 bits per heavy atom. The van der Waals surface area contributed by atoms with Gasteiger partial charge in [-0.05, 0) is 44.9 Å². The van der Waals surface area contributed by atoms with Crippen molar-refractivity contribution >= 4 is 5.82 Å². The van der Waals surface area contributed by atoms with Gasteiger partial charge in [-0.25, -0.2) is 9.97 Å². The van der Waals surface area contributed by atoms with Crippen LogP contribution in [-0.4, -0.2) is 27.2 Å². The molecule has 1 aromatic heterocycles. The zero-order valence-electron chi connectivity index (χ0n) is 10.0. The van der Waals surface area contributed by atoms with E-state index >= 15 is 0 Å². The number of aryl methyl sites for hydroxylation is 1. The van der Waals surface area contributed by atoms with Gasteiger partial charge in [0, 0.05) is 17.3 Å².